The van der Waals surface area contributed by atoms with Crippen LogP contribution in [0.3, 0.4) is 0 Å². The van der Waals surface area contributed by atoms with Crippen molar-refractivity contribution in [2.75, 3.05) is 0 Å². The highest BCUT2D eigenvalue weighted by Crippen LogP contribution is 2.35. The number of ether oxygens (including phenoxy) is 1. The lowest BCUT2D eigenvalue weighted by Gasteiger charge is -2.12. The van der Waals surface area contributed by atoms with E-state index in [1.807, 2.05) is 48.5 Å². The fraction of sp³-hybridized carbons (Fsp3) is 0.130. The Morgan fingerprint density at radius 2 is 1.90 bits per heavy atom. The quantitative estimate of drug-likeness (QED) is 0.385. The number of hydrogen-bond donors (Lipinski definition) is 0. The maximum absolute atomic E-state index is 12.8. The monoisotopic (exact) mass is 421 g/mol. The standard InChI is InChI=1S/C23H19NO3S2/c1-16-7-2-3-9-18(16)15-27-20-11-5-4-8-17(20)13-21-22(25)24(23(28)29-21)14-19-10-6-12-26-19/h2-13H,14-15H2,1H3/b21-13-. The van der Waals surface area contributed by atoms with Crippen LogP contribution in [-0.4, -0.2) is 15.1 Å². The van der Waals surface area contributed by atoms with Crippen LogP contribution in [0.1, 0.15) is 22.5 Å². The third kappa shape index (κ3) is 4.44. The summed E-state index contributed by atoms with van der Waals surface area (Å²) in [6, 6.07) is 19.5. The predicted molar refractivity (Wildman–Crippen MR) is 119 cm³/mol. The number of para-hydroxylation sites is 1. The van der Waals surface area contributed by atoms with Crippen molar-refractivity contribution in [3.8, 4) is 5.75 Å². The first-order chi connectivity index (χ1) is 14.1. The topological polar surface area (TPSA) is 42.7 Å². The lowest BCUT2D eigenvalue weighted by molar-refractivity contribution is -0.122. The molecule has 0 saturated carbocycles. The molecule has 2 aromatic carbocycles. The van der Waals surface area contributed by atoms with E-state index in [1.54, 1.807) is 17.2 Å². The predicted octanol–water partition coefficient (Wildman–Crippen LogP) is 5.57. The number of thioether (sulfide) groups is 1. The highest BCUT2D eigenvalue weighted by Gasteiger charge is 2.32. The van der Waals surface area contributed by atoms with Crippen LogP contribution >= 0.6 is 24.0 Å². The van der Waals surface area contributed by atoms with Gasteiger partial charge in [0, 0.05) is 5.56 Å². The van der Waals surface area contributed by atoms with Crippen LogP contribution in [0.5, 0.6) is 5.75 Å². The summed E-state index contributed by atoms with van der Waals surface area (Å²) in [4.78, 5) is 15.0. The summed E-state index contributed by atoms with van der Waals surface area (Å²) in [7, 11) is 0. The Morgan fingerprint density at radius 3 is 2.69 bits per heavy atom. The van der Waals surface area contributed by atoms with Gasteiger partial charge in [0.25, 0.3) is 5.91 Å². The second kappa shape index (κ2) is 8.68. The summed E-state index contributed by atoms with van der Waals surface area (Å²) >= 11 is 6.70. The summed E-state index contributed by atoms with van der Waals surface area (Å²) in [5.74, 6) is 1.31. The highest BCUT2D eigenvalue weighted by molar-refractivity contribution is 8.26. The molecule has 1 amide bonds. The normalized spacial score (nSPS) is 15.3. The van der Waals surface area contributed by atoms with E-state index in [-0.39, 0.29) is 5.91 Å². The molecule has 1 aliphatic heterocycles. The van der Waals surface area contributed by atoms with Gasteiger partial charge in [-0.05, 0) is 42.3 Å². The first kappa shape index (κ1) is 19.5. The molecule has 1 aromatic heterocycles. The molecule has 0 N–H and O–H groups in total. The maximum atomic E-state index is 12.8. The van der Waals surface area contributed by atoms with Gasteiger partial charge in [0.15, 0.2) is 0 Å². The van der Waals surface area contributed by atoms with Gasteiger partial charge >= 0.3 is 0 Å². The molecule has 3 aromatic rings. The van der Waals surface area contributed by atoms with Crippen molar-refractivity contribution in [1.82, 2.24) is 4.90 Å². The minimum atomic E-state index is -0.120. The largest absolute Gasteiger partial charge is 0.488 e. The van der Waals surface area contributed by atoms with Gasteiger partial charge in [0.05, 0.1) is 17.7 Å². The van der Waals surface area contributed by atoms with E-state index in [4.69, 9.17) is 21.4 Å². The highest BCUT2D eigenvalue weighted by atomic mass is 32.2. The number of amides is 1. The second-order valence-corrected chi connectivity index (χ2v) is 8.28. The van der Waals surface area contributed by atoms with E-state index in [9.17, 15) is 4.79 Å². The molecule has 0 bridgehead atoms. The van der Waals surface area contributed by atoms with Crippen LogP contribution in [0.2, 0.25) is 0 Å². The number of nitrogens with zero attached hydrogens (tertiary/aromatic N) is 1. The summed E-state index contributed by atoms with van der Waals surface area (Å²) in [5, 5.41) is 0. The summed E-state index contributed by atoms with van der Waals surface area (Å²) in [6.45, 7) is 2.87. The van der Waals surface area contributed by atoms with Gasteiger partial charge in [0.2, 0.25) is 0 Å². The van der Waals surface area contributed by atoms with Crippen molar-refractivity contribution >= 4 is 40.3 Å². The molecular formula is C23H19NO3S2. The lowest BCUT2D eigenvalue weighted by atomic mass is 10.1. The van der Waals surface area contributed by atoms with E-state index in [0.29, 0.717) is 28.1 Å². The molecule has 1 saturated heterocycles. The van der Waals surface area contributed by atoms with Crippen molar-refractivity contribution in [2.45, 2.75) is 20.1 Å². The van der Waals surface area contributed by atoms with Crippen LogP contribution in [0.4, 0.5) is 0 Å². The van der Waals surface area contributed by atoms with Crippen LogP contribution < -0.4 is 4.74 Å². The van der Waals surface area contributed by atoms with Gasteiger partial charge < -0.3 is 9.15 Å². The number of furan rings is 1. The first-order valence-electron chi connectivity index (χ1n) is 9.16. The van der Waals surface area contributed by atoms with Crippen LogP contribution in [0.25, 0.3) is 6.08 Å². The van der Waals surface area contributed by atoms with Crippen molar-refractivity contribution in [3.05, 3.63) is 94.3 Å². The Hall–Kier alpha value is -2.83. The molecule has 146 valence electrons. The van der Waals surface area contributed by atoms with Crippen molar-refractivity contribution in [2.24, 2.45) is 0 Å². The van der Waals surface area contributed by atoms with Gasteiger partial charge in [-0.25, -0.2) is 0 Å². The zero-order valence-electron chi connectivity index (χ0n) is 15.8. The number of hydrogen-bond acceptors (Lipinski definition) is 5. The number of benzene rings is 2. The van der Waals surface area contributed by atoms with Crippen LogP contribution in [0, 0.1) is 6.92 Å². The van der Waals surface area contributed by atoms with E-state index in [1.165, 1.54) is 17.3 Å². The number of thiocarbonyl (C=S) groups is 1. The van der Waals surface area contributed by atoms with Gasteiger partial charge in [-0.3, -0.25) is 9.69 Å². The molecule has 4 nitrogen and oxygen atoms in total. The third-order valence-corrected chi connectivity index (χ3v) is 6.00. The van der Waals surface area contributed by atoms with Gasteiger partial charge in [-0.1, -0.05) is 66.4 Å². The van der Waals surface area contributed by atoms with Crippen molar-refractivity contribution < 1.29 is 13.9 Å². The Balaban J connectivity index is 1.53. The number of carbonyl (C=O) groups excluding carboxylic acids is 1. The fourth-order valence-electron chi connectivity index (χ4n) is 2.99. The summed E-state index contributed by atoms with van der Waals surface area (Å²) < 4.78 is 11.9. The SMILES string of the molecule is Cc1ccccc1COc1ccccc1/C=C1\SC(=S)N(Cc2ccco2)C1=O. The molecule has 29 heavy (non-hydrogen) atoms. The number of carbonyl (C=O) groups is 1. The van der Waals surface area contributed by atoms with Gasteiger partial charge in [0.1, 0.15) is 22.4 Å². The molecule has 6 heteroatoms. The van der Waals surface area contributed by atoms with E-state index < -0.39 is 0 Å². The Labute approximate surface area is 179 Å². The van der Waals surface area contributed by atoms with Crippen LogP contribution in [0.15, 0.2) is 76.2 Å². The Bertz CT molecular complexity index is 1070. The van der Waals surface area contributed by atoms with E-state index in [2.05, 4.69) is 19.1 Å². The Morgan fingerprint density at radius 1 is 1.10 bits per heavy atom. The minimum Gasteiger partial charge on any atom is -0.488 e. The molecule has 0 atom stereocenters. The average molecular weight is 422 g/mol. The molecule has 0 aliphatic carbocycles. The fourth-order valence-corrected chi connectivity index (χ4v) is 4.24. The molecule has 2 heterocycles. The zero-order valence-corrected chi connectivity index (χ0v) is 17.5. The molecule has 4 rings (SSSR count). The molecular weight excluding hydrogens is 402 g/mol. The number of rotatable bonds is 6. The van der Waals surface area contributed by atoms with Crippen LogP contribution in [-0.2, 0) is 17.9 Å². The second-order valence-electron chi connectivity index (χ2n) is 6.60. The van der Waals surface area contributed by atoms with E-state index in [0.717, 1.165) is 16.9 Å². The summed E-state index contributed by atoms with van der Waals surface area (Å²) in [5.41, 5.74) is 3.16. The first-order valence-corrected chi connectivity index (χ1v) is 10.4. The van der Waals surface area contributed by atoms with Crippen molar-refractivity contribution in [1.29, 1.82) is 0 Å². The molecule has 1 aliphatic rings. The number of aryl methyl sites for hydroxylation is 1. The third-order valence-electron chi connectivity index (χ3n) is 4.62. The van der Waals surface area contributed by atoms with Gasteiger partial charge in [-0.15, -0.1) is 0 Å². The Kier molecular flexibility index (Phi) is 5.83. The van der Waals surface area contributed by atoms with E-state index >= 15 is 0 Å². The molecule has 1 fully saturated rings. The molecule has 0 unspecified atom stereocenters. The summed E-state index contributed by atoms with van der Waals surface area (Å²) in [6.07, 6.45) is 3.43. The maximum Gasteiger partial charge on any atom is 0.266 e. The van der Waals surface area contributed by atoms with Crippen molar-refractivity contribution in [3.63, 3.8) is 0 Å². The average Bonchev–Trinajstić information content (AvgIpc) is 3.33. The molecule has 0 spiro atoms. The lowest BCUT2D eigenvalue weighted by Crippen LogP contribution is -2.27. The van der Waals surface area contributed by atoms with Gasteiger partial charge in [-0.2, -0.15) is 0 Å². The smallest absolute Gasteiger partial charge is 0.266 e. The molecule has 0 radical (unpaired) electrons. The minimum absolute atomic E-state index is 0.120. The zero-order chi connectivity index (χ0) is 20.2.